The minimum Gasteiger partial charge on any atom is -0.352 e. The molecule has 110 valence electrons. The van der Waals surface area contributed by atoms with Gasteiger partial charge in [0.2, 0.25) is 5.91 Å². The van der Waals surface area contributed by atoms with Crippen molar-refractivity contribution in [1.29, 1.82) is 0 Å². The molecule has 0 radical (unpaired) electrons. The molecule has 0 aromatic heterocycles. The van der Waals surface area contributed by atoms with E-state index in [9.17, 15) is 9.18 Å². The molecule has 1 atom stereocenters. The molecule has 0 bridgehead atoms. The average Bonchev–Trinajstić information content (AvgIpc) is 2.47. The van der Waals surface area contributed by atoms with E-state index in [1.807, 2.05) is 0 Å². The first kappa shape index (κ1) is 15.4. The third-order valence-corrected chi connectivity index (χ3v) is 4.44. The average molecular weight is 343 g/mol. The Labute approximate surface area is 127 Å². The van der Waals surface area contributed by atoms with E-state index in [0.717, 1.165) is 29.5 Å². The Kier molecular flexibility index (Phi) is 5.98. The van der Waals surface area contributed by atoms with Gasteiger partial charge in [-0.15, -0.1) is 0 Å². The summed E-state index contributed by atoms with van der Waals surface area (Å²) in [6.45, 7) is 2.47. The van der Waals surface area contributed by atoms with Crippen LogP contribution in [0.25, 0.3) is 0 Å². The number of hydrogen-bond acceptors (Lipinski definition) is 2. The van der Waals surface area contributed by atoms with Crippen LogP contribution in [0.15, 0.2) is 22.7 Å². The molecule has 1 unspecified atom stereocenters. The van der Waals surface area contributed by atoms with Gasteiger partial charge in [0.1, 0.15) is 5.82 Å². The highest BCUT2D eigenvalue weighted by molar-refractivity contribution is 9.10. The molecule has 1 heterocycles. The first-order valence-corrected chi connectivity index (χ1v) is 7.86. The van der Waals surface area contributed by atoms with E-state index in [2.05, 4.69) is 26.6 Å². The third-order valence-electron chi connectivity index (χ3n) is 3.66. The second-order valence-electron chi connectivity index (χ2n) is 5.26. The van der Waals surface area contributed by atoms with Crippen molar-refractivity contribution in [3.63, 3.8) is 0 Å². The maximum absolute atomic E-state index is 13.1. The number of nitrogens with one attached hydrogen (secondary N) is 2. The second kappa shape index (κ2) is 7.74. The Hall–Kier alpha value is -0.940. The Morgan fingerprint density at radius 1 is 1.50 bits per heavy atom. The summed E-state index contributed by atoms with van der Waals surface area (Å²) in [5.74, 6) is 0.355. The molecule has 2 rings (SSSR count). The summed E-state index contributed by atoms with van der Waals surface area (Å²) in [7, 11) is 0. The van der Waals surface area contributed by atoms with Gasteiger partial charge in [-0.3, -0.25) is 4.79 Å². The molecule has 3 nitrogen and oxygen atoms in total. The second-order valence-corrected chi connectivity index (χ2v) is 6.12. The summed E-state index contributed by atoms with van der Waals surface area (Å²) < 4.78 is 13.9. The van der Waals surface area contributed by atoms with Gasteiger partial charge in [0, 0.05) is 17.4 Å². The van der Waals surface area contributed by atoms with Crippen molar-refractivity contribution in [3.05, 3.63) is 34.1 Å². The lowest BCUT2D eigenvalue weighted by Crippen LogP contribution is -2.31. The molecule has 5 heteroatoms. The molecule has 0 saturated carbocycles. The van der Waals surface area contributed by atoms with Crippen molar-refractivity contribution in [1.82, 2.24) is 10.6 Å². The Bertz CT molecular complexity index is 461. The van der Waals surface area contributed by atoms with Crippen LogP contribution >= 0.6 is 15.9 Å². The van der Waals surface area contributed by atoms with Crippen molar-refractivity contribution in [2.75, 3.05) is 13.1 Å². The van der Waals surface area contributed by atoms with Crippen LogP contribution in [0.1, 0.15) is 31.2 Å². The number of carbonyl (C=O) groups excluding carboxylic acids is 1. The van der Waals surface area contributed by atoms with Gasteiger partial charge >= 0.3 is 0 Å². The third kappa shape index (κ3) is 4.87. The Morgan fingerprint density at radius 3 is 3.10 bits per heavy atom. The zero-order chi connectivity index (χ0) is 14.4. The van der Waals surface area contributed by atoms with Crippen molar-refractivity contribution in [2.24, 2.45) is 5.92 Å². The van der Waals surface area contributed by atoms with Crippen molar-refractivity contribution in [2.45, 2.75) is 32.2 Å². The topological polar surface area (TPSA) is 41.1 Å². The van der Waals surface area contributed by atoms with E-state index >= 15 is 0 Å². The zero-order valence-electron chi connectivity index (χ0n) is 11.4. The fraction of sp³-hybridized carbons (Fsp3) is 0.533. The van der Waals surface area contributed by atoms with Gasteiger partial charge in [0.15, 0.2) is 0 Å². The van der Waals surface area contributed by atoms with Crippen LogP contribution in [0.4, 0.5) is 4.39 Å². The highest BCUT2D eigenvalue weighted by Gasteiger charge is 2.14. The number of halogens is 2. The molecule has 1 aliphatic rings. The normalized spacial score (nSPS) is 18.8. The van der Waals surface area contributed by atoms with E-state index in [1.165, 1.54) is 25.0 Å². The fourth-order valence-electron chi connectivity index (χ4n) is 2.47. The molecule has 1 saturated heterocycles. The molecule has 1 aromatic carbocycles. The molecule has 0 spiro atoms. The lowest BCUT2D eigenvalue weighted by atomic mass is 9.94. The molecular weight excluding hydrogens is 323 g/mol. The van der Waals surface area contributed by atoms with Gasteiger partial charge in [0.05, 0.1) is 0 Å². The number of piperidine rings is 1. The lowest BCUT2D eigenvalue weighted by molar-refractivity contribution is -0.121. The minimum absolute atomic E-state index is 0.0340. The van der Waals surface area contributed by atoms with Gasteiger partial charge in [-0.1, -0.05) is 15.9 Å². The number of hydrogen-bond donors (Lipinski definition) is 2. The quantitative estimate of drug-likeness (QED) is 0.863. The van der Waals surface area contributed by atoms with Crippen LogP contribution in [-0.2, 0) is 11.3 Å². The van der Waals surface area contributed by atoms with E-state index in [0.29, 0.717) is 18.9 Å². The van der Waals surface area contributed by atoms with E-state index in [4.69, 9.17) is 0 Å². The predicted octanol–water partition coefficient (Wildman–Crippen LogP) is 2.98. The summed E-state index contributed by atoms with van der Waals surface area (Å²) in [6.07, 6.45) is 3.86. The van der Waals surface area contributed by atoms with Crippen LogP contribution in [0, 0.1) is 11.7 Å². The summed E-state index contributed by atoms with van der Waals surface area (Å²) in [4.78, 5) is 11.8. The zero-order valence-corrected chi connectivity index (χ0v) is 13.0. The lowest BCUT2D eigenvalue weighted by Gasteiger charge is -2.22. The molecular formula is C15H20BrFN2O. The number of carbonyl (C=O) groups is 1. The minimum atomic E-state index is -0.286. The summed E-state index contributed by atoms with van der Waals surface area (Å²) in [6, 6.07) is 4.49. The molecule has 1 amide bonds. The van der Waals surface area contributed by atoms with Gasteiger partial charge in [-0.05, 0) is 62.0 Å². The first-order valence-electron chi connectivity index (χ1n) is 7.06. The highest BCUT2D eigenvalue weighted by atomic mass is 79.9. The van der Waals surface area contributed by atoms with Crippen molar-refractivity contribution >= 4 is 21.8 Å². The number of benzene rings is 1. The molecule has 2 N–H and O–H groups in total. The first-order chi connectivity index (χ1) is 9.65. The monoisotopic (exact) mass is 342 g/mol. The maximum atomic E-state index is 13.1. The van der Waals surface area contributed by atoms with Gasteiger partial charge in [0.25, 0.3) is 0 Å². The Morgan fingerprint density at radius 2 is 2.35 bits per heavy atom. The van der Waals surface area contributed by atoms with Crippen LogP contribution < -0.4 is 10.6 Å². The van der Waals surface area contributed by atoms with Gasteiger partial charge < -0.3 is 10.6 Å². The molecule has 0 aliphatic carbocycles. The molecule has 1 fully saturated rings. The van der Waals surface area contributed by atoms with Gasteiger partial charge in [-0.25, -0.2) is 4.39 Å². The van der Waals surface area contributed by atoms with E-state index in [1.54, 1.807) is 6.07 Å². The van der Waals surface area contributed by atoms with Crippen LogP contribution in [0.2, 0.25) is 0 Å². The predicted molar refractivity (Wildman–Crippen MR) is 80.8 cm³/mol. The Balaban J connectivity index is 1.73. The highest BCUT2D eigenvalue weighted by Crippen LogP contribution is 2.18. The standard InChI is InChI=1S/C15H20BrFN2O/c16-14-5-4-13(17)8-12(14)10-19-15(20)6-3-11-2-1-7-18-9-11/h4-5,8,11,18H,1-3,6-7,9-10H2,(H,19,20). The number of rotatable bonds is 5. The van der Waals surface area contributed by atoms with Crippen molar-refractivity contribution < 1.29 is 9.18 Å². The van der Waals surface area contributed by atoms with Crippen LogP contribution in [0.3, 0.4) is 0 Å². The fourth-order valence-corrected chi connectivity index (χ4v) is 2.85. The molecule has 20 heavy (non-hydrogen) atoms. The van der Waals surface area contributed by atoms with Crippen LogP contribution in [-0.4, -0.2) is 19.0 Å². The summed E-state index contributed by atoms with van der Waals surface area (Å²) >= 11 is 3.36. The smallest absolute Gasteiger partial charge is 0.220 e. The molecule has 1 aliphatic heterocycles. The van der Waals surface area contributed by atoms with Gasteiger partial charge in [-0.2, -0.15) is 0 Å². The van der Waals surface area contributed by atoms with Crippen molar-refractivity contribution in [3.8, 4) is 0 Å². The summed E-state index contributed by atoms with van der Waals surface area (Å²) in [5.41, 5.74) is 0.762. The van der Waals surface area contributed by atoms with E-state index in [-0.39, 0.29) is 11.7 Å². The van der Waals surface area contributed by atoms with Crippen LogP contribution in [0.5, 0.6) is 0 Å². The van der Waals surface area contributed by atoms with E-state index < -0.39 is 0 Å². The number of amides is 1. The largest absolute Gasteiger partial charge is 0.352 e. The maximum Gasteiger partial charge on any atom is 0.220 e. The molecule has 1 aromatic rings. The SMILES string of the molecule is O=C(CCC1CCCNC1)NCc1cc(F)ccc1Br. The summed E-state index contributed by atoms with van der Waals surface area (Å²) in [5, 5.41) is 6.20.